The van der Waals surface area contributed by atoms with Gasteiger partial charge in [0.15, 0.2) is 0 Å². The van der Waals surface area contributed by atoms with Crippen LogP contribution in [0.4, 0.5) is 0 Å². The zero-order valence-electron chi connectivity index (χ0n) is 8.92. The molecule has 0 radical (unpaired) electrons. The highest BCUT2D eigenvalue weighted by Gasteiger charge is 2.41. The van der Waals surface area contributed by atoms with Gasteiger partial charge in [-0.1, -0.05) is 13.8 Å². The van der Waals surface area contributed by atoms with Crippen molar-refractivity contribution < 1.29 is 0 Å². The van der Waals surface area contributed by atoms with Gasteiger partial charge < -0.3 is 5.73 Å². The normalized spacial score (nSPS) is 18.9. The number of thiazole rings is 1. The number of nitrogens with two attached hydrogens (primary N) is 1. The maximum atomic E-state index is 5.76. The Labute approximate surface area is 89.5 Å². The zero-order chi connectivity index (χ0) is 10.2. The summed E-state index contributed by atoms with van der Waals surface area (Å²) in [6.07, 6.45) is 3.67. The van der Waals surface area contributed by atoms with Crippen LogP contribution >= 0.6 is 11.3 Å². The molecule has 78 valence electrons. The number of nitrogens with zero attached hydrogens (tertiary/aromatic N) is 1. The van der Waals surface area contributed by atoms with E-state index in [-0.39, 0.29) is 0 Å². The summed E-state index contributed by atoms with van der Waals surface area (Å²) < 4.78 is 0. The fourth-order valence-electron chi connectivity index (χ4n) is 1.68. The van der Waals surface area contributed by atoms with Crippen molar-refractivity contribution in [1.82, 2.24) is 4.98 Å². The van der Waals surface area contributed by atoms with Crippen molar-refractivity contribution in [3.8, 4) is 0 Å². The lowest BCUT2D eigenvalue weighted by atomic mass is 10.0. The molecule has 1 heterocycles. The molecule has 0 aromatic carbocycles. The van der Waals surface area contributed by atoms with Gasteiger partial charge in [0, 0.05) is 11.3 Å². The van der Waals surface area contributed by atoms with Crippen LogP contribution in [-0.4, -0.2) is 11.5 Å². The summed E-state index contributed by atoms with van der Waals surface area (Å²) in [5, 5.41) is 3.46. The van der Waals surface area contributed by atoms with Crippen molar-refractivity contribution in [3.05, 3.63) is 16.1 Å². The summed E-state index contributed by atoms with van der Waals surface area (Å²) >= 11 is 1.78. The van der Waals surface area contributed by atoms with Gasteiger partial charge in [-0.15, -0.1) is 11.3 Å². The fourth-order valence-corrected chi connectivity index (χ4v) is 2.52. The van der Waals surface area contributed by atoms with E-state index in [1.54, 1.807) is 11.3 Å². The molecule has 2 nitrogen and oxygen atoms in total. The highest BCUT2D eigenvalue weighted by atomic mass is 32.1. The zero-order valence-corrected chi connectivity index (χ0v) is 9.73. The molecule has 0 amide bonds. The molecule has 2 rings (SSSR count). The smallest absolute Gasteiger partial charge is 0.0953 e. The summed E-state index contributed by atoms with van der Waals surface area (Å²) in [5.74, 6) is 0.557. The van der Waals surface area contributed by atoms with Crippen molar-refractivity contribution in [3.63, 3.8) is 0 Å². The van der Waals surface area contributed by atoms with Crippen molar-refractivity contribution in [2.75, 3.05) is 6.54 Å². The number of hydrogen-bond donors (Lipinski definition) is 1. The van der Waals surface area contributed by atoms with E-state index >= 15 is 0 Å². The van der Waals surface area contributed by atoms with E-state index in [1.165, 1.54) is 23.5 Å². The van der Waals surface area contributed by atoms with Crippen LogP contribution in [0.1, 0.15) is 43.3 Å². The topological polar surface area (TPSA) is 38.9 Å². The second-order valence-electron chi connectivity index (χ2n) is 4.71. The molecule has 1 aliphatic rings. The third-order valence-corrected chi connectivity index (χ3v) is 4.20. The minimum atomic E-state index is 0.419. The molecule has 0 unspecified atom stereocenters. The maximum Gasteiger partial charge on any atom is 0.0953 e. The Morgan fingerprint density at radius 1 is 1.57 bits per heavy atom. The van der Waals surface area contributed by atoms with Crippen LogP contribution in [-0.2, 0) is 6.42 Å². The number of rotatable bonds is 4. The molecule has 1 aromatic rings. The van der Waals surface area contributed by atoms with Crippen LogP contribution in [0.2, 0.25) is 0 Å². The lowest BCUT2D eigenvalue weighted by Crippen LogP contribution is -2.18. The molecule has 1 fully saturated rings. The van der Waals surface area contributed by atoms with E-state index in [1.807, 2.05) is 0 Å². The Hall–Kier alpha value is -0.410. The van der Waals surface area contributed by atoms with Crippen LogP contribution in [0.3, 0.4) is 0 Å². The van der Waals surface area contributed by atoms with Crippen LogP contribution < -0.4 is 5.73 Å². The second-order valence-corrected chi connectivity index (χ2v) is 5.60. The minimum Gasteiger partial charge on any atom is -0.330 e. The lowest BCUT2D eigenvalue weighted by Gasteiger charge is -2.08. The predicted octanol–water partition coefficient (Wildman–Crippen LogP) is 2.55. The Kier molecular flexibility index (Phi) is 2.62. The monoisotopic (exact) mass is 210 g/mol. The third-order valence-electron chi connectivity index (χ3n) is 3.01. The molecule has 0 spiro atoms. The molecule has 1 aromatic heterocycles. The third kappa shape index (κ3) is 1.98. The summed E-state index contributed by atoms with van der Waals surface area (Å²) in [6, 6.07) is 0. The first kappa shape index (κ1) is 10.1. The first-order chi connectivity index (χ1) is 6.65. The number of hydrogen-bond acceptors (Lipinski definition) is 3. The van der Waals surface area contributed by atoms with E-state index in [9.17, 15) is 0 Å². The Morgan fingerprint density at radius 2 is 2.29 bits per heavy atom. The molecule has 2 N–H and O–H groups in total. The predicted molar refractivity (Wildman–Crippen MR) is 60.6 cm³/mol. The Bertz CT molecular complexity index is 313. The van der Waals surface area contributed by atoms with Crippen LogP contribution in [0, 0.1) is 5.41 Å². The van der Waals surface area contributed by atoms with Crippen LogP contribution in [0.5, 0.6) is 0 Å². The second kappa shape index (κ2) is 3.63. The maximum absolute atomic E-state index is 5.76. The van der Waals surface area contributed by atoms with Crippen molar-refractivity contribution in [2.45, 2.75) is 39.0 Å². The van der Waals surface area contributed by atoms with E-state index in [0.717, 1.165) is 13.0 Å². The largest absolute Gasteiger partial charge is 0.330 e. The van der Waals surface area contributed by atoms with Gasteiger partial charge in [0.25, 0.3) is 0 Å². The van der Waals surface area contributed by atoms with Gasteiger partial charge in [0.05, 0.1) is 10.7 Å². The molecule has 14 heavy (non-hydrogen) atoms. The van der Waals surface area contributed by atoms with Gasteiger partial charge in [0.1, 0.15) is 0 Å². The van der Waals surface area contributed by atoms with Crippen molar-refractivity contribution in [1.29, 1.82) is 0 Å². The SMILES string of the molecule is CC(C)c1nc(CC2(CN)CC2)cs1. The van der Waals surface area contributed by atoms with Crippen LogP contribution in [0.15, 0.2) is 5.38 Å². The first-order valence-corrected chi connectivity index (χ1v) is 6.17. The summed E-state index contributed by atoms with van der Waals surface area (Å²) in [5.41, 5.74) is 7.43. The first-order valence-electron chi connectivity index (χ1n) is 5.30. The molecule has 0 aliphatic heterocycles. The van der Waals surface area contributed by atoms with E-state index in [0.29, 0.717) is 11.3 Å². The Morgan fingerprint density at radius 3 is 2.71 bits per heavy atom. The van der Waals surface area contributed by atoms with Gasteiger partial charge in [-0.25, -0.2) is 4.98 Å². The Balaban J connectivity index is 2.03. The highest BCUT2D eigenvalue weighted by Crippen LogP contribution is 2.47. The molecule has 0 saturated heterocycles. The van der Waals surface area contributed by atoms with E-state index < -0.39 is 0 Å². The van der Waals surface area contributed by atoms with Gasteiger partial charge in [0.2, 0.25) is 0 Å². The van der Waals surface area contributed by atoms with E-state index in [4.69, 9.17) is 5.73 Å². The van der Waals surface area contributed by atoms with Crippen molar-refractivity contribution in [2.24, 2.45) is 11.1 Å². The minimum absolute atomic E-state index is 0.419. The average molecular weight is 210 g/mol. The molecule has 1 aliphatic carbocycles. The highest BCUT2D eigenvalue weighted by molar-refractivity contribution is 7.09. The summed E-state index contributed by atoms with van der Waals surface area (Å²) in [7, 11) is 0. The quantitative estimate of drug-likeness (QED) is 0.829. The van der Waals surface area contributed by atoms with Gasteiger partial charge in [-0.05, 0) is 31.2 Å². The van der Waals surface area contributed by atoms with Gasteiger partial charge in [-0.2, -0.15) is 0 Å². The summed E-state index contributed by atoms with van der Waals surface area (Å²) in [4.78, 5) is 4.65. The van der Waals surface area contributed by atoms with Gasteiger partial charge in [-0.3, -0.25) is 0 Å². The molecule has 3 heteroatoms. The van der Waals surface area contributed by atoms with E-state index in [2.05, 4.69) is 24.2 Å². The average Bonchev–Trinajstić information content (AvgIpc) is 2.75. The lowest BCUT2D eigenvalue weighted by molar-refractivity contribution is 0.514. The molecule has 0 atom stereocenters. The molecule has 0 bridgehead atoms. The van der Waals surface area contributed by atoms with Crippen molar-refractivity contribution >= 4 is 11.3 Å². The molecular weight excluding hydrogens is 192 g/mol. The number of aromatic nitrogens is 1. The molecular formula is C11H18N2S. The fraction of sp³-hybridized carbons (Fsp3) is 0.727. The standard InChI is InChI=1S/C11H18N2S/c1-8(2)10-13-9(6-14-10)5-11(7-12)3-4-11/h6,8H,3-5,7,12H2,1-2H3. The van der Waals surface area contributed by atoms with Gasteiger partial charge >= 0.3 is 0 Å². The summed E-state index contributed by atoms with van der Waals surface area (Å²) in [6.45, 7) is 5.21. The van der Waals surface area contributed by atoms with Crippen LogP contribution in [0.25, 0.3) is 0 Å². The molecule has 1 saturated carbocycles.